The number of hydrogen-bond donors (Lipinski definition) is 2. The fraction of sp³-hybridized carbons (Fsp3) is 0.526. The van der Waals surface area contributed by atoms with Crippen molar-refractivity contribution in [2.24, 2.45) is 11.3 Å². The van der Waals surface area contributed by atoms with Crippen LogP contribution in [0.15, 0.2) is 12.1 Å². The monoisotopic (exact) mass is 447 g/mol. The Morgan fingerprint density at radius 2 is 1.68 bits per heavy atom. The molecule has 12 heteroatoms. The minimum atomic E-state index is -4.78. The third-order valence-electron chi connectivity index (χ3n) is 6.02. The van der Waals surface area contributed by atoms with Gasteiger partial charge in [-0.05, 0) is 17.5 Å². The number of nitrogens with zero attached hydrogens (tertiary/aromatic N) is 1. The number of imide groups is 2. The number of urea groups is 1. The molecule has 0 saturated carbocycles. The lowest BCUT2D eigenvalue weighted by Crippen LogP contribution is -2.77. The quantitative estimate of drug-likeness (QED) is 0.508. The maximum Gasteiger partial charge on any atom is 0.416 e. The van der Waals surface area contributed by atoms with Crippen molar-refractivity contribution in [1.29, 1.82) is 0 Å². The summed E-state index contributed by atoms with van der Waals surface area (Å²) in [6, 6.07) is -0.863. The summed E-state index contributed by atoms with van der Waals surface area (Å²) in [5.41, 5.74) is -2.17. The van der Waals surface area contributed by atoms with Crippen molar-refractivity contribution in [2.45, 2.75) is 44.7 Å². The highest BCUT2D eigenvalue weighted by Crippen LogP contribution is 2.49. The second-order valence-electron chi connectivity index (χ2n) is 8.25. The van der Waals surface area contributed by atoms with Crippen molar-refractivity contribution < 1.29 is 41.1 Å². The second kappa shape index (κ2) is 6.87. The fourth-order valence-electron chi connectivity index (χ4n) is 4.66. The molecular formula is C19H18F5N3O4. The van der Waals surface area contributed by atoms with E-state index in [1.165, 1.54) is 0 Å². The molecule has 4 amide bonds. The molecule has 3 atom stereocenters. The molecule has 0 aromatic heterocycles. The lowest BCUT2D eigenvalue weighted by atomic mass is 9.65. The van der Waals surface area contributed by atoms with Crippen molar-refractivity contribution in [1.82, 2.24) is 10.6 Å². The maximum absolute atomic E-state index is 14.0. The predicted octanol–water partition coefficient (Wildman–Crippen LogP) is 2.03. The minimum absolute atomic E-state index is 0.0277. The lowest BCUT2D eigenvalue weighted by molar-refractivity contribution is -0.250. The van der Waals surface area contributed by atoms with Gasteiger partial charge in [0.1, 0.15) is 0 Å². The molecule has 3 aliphatic rings. The lowest BCUT2D eigenvalue weighted by Gasteiger charge is -2.57. The van der Waals surface area contributed by atoms with Gasteiger partial charge in [0, 0.05) is 18.2 Å². The van der Waals surface area contributed by atoms with E-state index in [0.29, 0.717) is 0 Å². The topological polar surface area (TPSA) is 87.7 Å². The number of fused-ring (bicyclic) bond motifs is 4. The average Bonchev–Trinajstić information content (AvgIpc) is 2.65. The summed E-state index contributed by atoms with van der Waals surface area (Å²) in [6.07, 6.45) is -8.81. The number of morpholine rings is 1. The first-order valence-corrected chi connectivity index (χ1v) is 9.50. The number of amides is 4. The zero-order valence-electron chi connectivity index (χ0n) is 16.3. The molecule has 7 nitrogen and oxygen atoms in total. The molecule has 3 heterocycles. The molecule has 168 valence electrons. The Labute approximate surface area is 172 Å². The summed E-state index contributed by atoms with van der Waals surface area (Å²) in [5, 5.41) is 3.96. The first-order valence-electron chi connectivity index (χ1n) is 9.50. The van der Waals surface area contributed by atoms with Gasteiger partial charge in [-0.15, -0.1) is 0 Å². The SMILES string of the molecule is CC(C)[C@@H]1O[C@H](C(F)(F)F)CN2c3cc(F)c(F)cc3CC3(C(=O)NC(=O)NC3=O)[C@@H]12. The summed E-state index contributed by atoms with van der Waals surface area (Å²) in [5.74, 6) is -5.23. The number of benzene rings is 1. The van der Waals surface area contributed by atoms with E-state index in [9.17, 15) is 36.3 Å². The van der Waals surface area contributed by atoms with Crippen LogP contribution in [0.5, 0.6) is 0 Å². The number of carbonyl (C=O) groups excluding carboxylic acids is 3. The number of halogens is 5. The van der Waals surface area contributed by atoms with E-state index in [1.54, 1.807) is 13.8 Å². The molecule has 2 saturated heterocycles. The highest BCUT2D eigenvalue weighted by molar-refractivity contribution is 6.20. The van der Waals surface area contributed by atoms with Crippen LogP contribution in [0.25, 0.3) is 0 Å². The van der Waals surface area contributed by atoms with Gasteiger partial charge in [-0.2, -0.15) is 13.2 Å². The van der Waals surface area contributed by atoms with Gasteiger partial charge in [0.25, 0.3) is 0 Å². The normalized spacial score (nSPS) is 27.7. The number of hydrogen-bond acceptors (Lipinski definition) is 5. The van der Waals surface area contributed by atoms with E-state index in [-0.39, 0.29) is 11.3 Å². The summed E-state index contributed by atoms with van der Waals surface area (Å²) in [6.45, 7) is 2.27. The summed E-state index contributed by atoms with van der Waals surface area (Å²) in [7, 11) is 0. The first-order chi connectivity index (χ1) is 14.4. The van der Waals surface area contributed by atoms with Crippen molar-refractivity contribution in [2.75, 3.05) is 11.4 Å². The molecule has 0 radical (unpaired) electrons. The fourth-order valence-corrected chi connectivity index (χ4v) is 4.66. The summed E-state index contributed by atoms with van der Waals surface area (Å²) < 4.78 is 74.1. The highest BCUT2D eigenvalue weighted by Gasteiger charge is 2.65. The molecule has 2 fully saturated rings. The largest absolute Gasteiger partial charge is 0.416 e. The number of barbiturate groups is 1. The van der Waals surface area contributed by atoms with Gasteiger partial charge in [-0.25, -0.2) is 13.6 Å². The average molecular weight is 447 g/mol. The molecular weight excluding hydrogens is 429 g/mol. The Hall–Kier alpha value is -2.76. The molecule has 1 aromatic rings. The molecule has 3 aliphatic heterocycles. The Balaban J connectivity index is 1.96. The van der Waals surface area contributed by atoms with Gasteiger partial charge in [-0.3, -0.25) is 20.2 Å². The van der Waals surface area contributed by atoms with Gasteiger partial charge < -0.3 is 9.64 Å². The summed E-state index contributed by atoms with van der Waals surface area (Å²) >= 11 is 0. The zero-order valence-corrected chi connectivity index (χ0v) is 16.3. The first kappa shape index (κ1) is 21.5. The van der Waals surface area contributed by atoms with E-state index in [2.05, 4.69) is 0 Å². The third-order valence-corrected chi connectivity index (χ3v) is 6.02. The molecule has 0 bridgehead atoms. The van der Waals surface area contributed by atoms with Gasteiger partial charge >= 0.3 is 12.2 Å². The molecule has 4 rings (SSSR count). The second-order valence-corrected chi connectivity index (χ2v) is 8.25. The molecule has 0 aliphatic carbocycles. The smallest absolute Gasteiger partial charge is 0.361 e. The number of nitrogens with one attached hydrogen (secondary N) is 2. The van der Waals surface area contributed by atoms with Crippen LogP contribution in [-0.4, -0.2) is 48.8 Å². The zero-order chi connectivity index (χ0) is 22.9. The number of alkyl halides is 3. The maximum atomic E-state index is 14.0. The third kappa shape index (κ3) is 3.15. The number of ether oxygens (including phenoxy) is 1. The van der Waals surface area contributed by atoms with Crippen molar-refractivity contribution in [3.05, 3.63) is 29.3 Å². The van der Waals surface area contributed by atoms with Crippen LogP contribution in [0.3, 0.4) is 0 Å². The van der Waals surface area contributed by atoms with Crippen molar-refractivity contribution in [3.8, 4) is 0 Å². The summed E-state index contributed by atoms with van der Waals surface area (Å²) in [4.78, 5) is 38.7. The van der Waals surface area contributed by atoms with Crippen LogP contribution >= 0.6 is 0 Å². The number of anilines is 1. The Kier molecular flexibility index (Phi) is 4.76. The standard InChI is InChI=1S/C19H18F5N3O4/c1-7(2)13-14-18(15(28)25-17(30)26-16(18)29)5-8-3-9(20)10(21)4-11(8)27(14)6-12(31-13)19(22,23)24/h3-4,7,12-14H,5-6H2,1-2H3,(H2,25,26,28,29,30)/t12-,13-,14+/m0/s1. The Morgan fingerprint density at radius 3 is 2.23 bits per heavy atom. The van der Waals surface area contributed by atoms with E-state index in [4.69, 9.17) is 4.74 Å². The highest BCUT2D eigenvalue weighted by atomic mass is 19.4. The van der Waals surface area contributed by atoms with Gasteiger partial charge in [0.15, 0.2) is 23.2 Å². The molecule has 2 N–H and O–H groups in total. The van der Waals surface area contributed by atoms with Gasteiger partial charge in [0.2, 0.25) is 11.8 Å². The number of carbonyl (C=O) groups is 3. The molecule has 0 unspecified atom stereocenters. The predicted molar refractivity (Wildman–Crippen MR) is 94.9 cm³/mol. The number of rotatable bonds is 1. The van der Waals surface area contributed by atoms with Crippen LogP contribution in [0.1, 0.15) is 19.4 Å². The van der Waals surface area contributed by atoms with Crippen molar-refractivity contribution in [3.63, 3.8) is 0 Å². The van der Waals surface area contributed by atoms with Crippen LogP contribution < -0.4 is 15.5 Å². The van der Waals surface area contributed by atoms with E-state index in [1.807, 2.05) is 10.6 Å². The van der Waals surface area contributed by atoms with E-state index >= 15 is 0 Å². The Morgan fingerprint density at radius 1 is 1.10 bits per heavy atom. The van der Waals surface area contributed by atoms with Crippen LogP contribution in [0, 0.1) is 23.0 Å². The van der Waals surface area contributed by atoms with Crippen LogP contribution in [-0.2, 0) is 20.7 Å². The molecule has 1 spiro atoms. The molecule has 1 aromatic carbocycles. The van der Waals surface area contributed by atoms with E-state index < -0.39 is 78.2 Å². The van der Waals surface area contributed by atoms with Gasteiger partial charge in [-0.1, -0.05) is 13.8 Å². The van der Waals surface area contributed by atoms with E-state index in [0.717, 1.165) is 17.0 Å². The minimum Gasteiger partial charge on any atom is -0.361 e. The van der Waals surface area contributed by atoms with Gasteiger partial charge in [0.05, 0.1) is 18.7 Å². The molecule has 31 heavy (non-hydrogen) atoms. The van der Waals surface area contributed by atoms with Crippen LogP contribution in [0.4, 0.5) is 32.4 Å². The van der Waals surface area contributed by atoms with Crippen molar-refractivity contribution >= 4 is 23.5 Å². The Bertz CT molecular complexity index is 960. The van der Waals surface area contributed by atoms with Crippen LogP contribution in [0.2, 0.25) is 0 Å².